The van der Waals surface area contributed by atoms with Crippen molar-refractivity contribution in [3.05, 3.63) is 65.4 Å². The Kier molecular flexibility index (Phi) is 7.74. The Labute approximate surface area is 245 Å². The maximum absolute atomic E-state index is 13.4. The maximum atomic E-state index is 13.4. The van der Waals surface area contributed by atoms with Gasteiger partial charge in [-0.2, -0.15) is 5.10 Å². The average Bonchev–Trinajstić information content (AvgIpc) is 3.61. The van der Waals surface area contributed by atoms with E-state index in [0.29, 0.717) is 17.7 Å². The average molecular weight is 571 g/mol. The standard InChI is InChI=1S/C30H38N10O2/c1-19-26(16-32-36-19)35-29-31-11-7-24(34-29)20-5-6-23-21(15-20)17-39(22-9-13-42-14-10-22)12-8-25(23)33-28(41)27-18-40(38-37-27)30(2,3)4/h5-7,11,15-16,18,22,25H,8-10,12-14,17H2,1-4H3,(H,32,36)(H,33,41)(H,31,34,35)/t25-/m0/s1. The van der Waals surface area contributed by atoms with Crippen molar-refractivity contribution in [2.45, 2.75) is 71.1 Å². The summed E-state index contributed by atoms with van der Waals surface area (Å²) in [5, 5.41) is 21.9. The van der Waals surface area contributed by atoms with Crippen molar-refractivity contribution in [3.8, 4) is 11.3 Å². The minimum absolute atomic E-state index is 0.155. The summed E-state index contributed by atoms with van der Waals surface area (Å²) in [6, 6.07) is 8.62. The predicted octanol–water partition coefficient (Wildman–Crippen LogP) is 4.12. The monoisotopic (exact) mass is 570 g/mol. The fourth-order valence-electron chi connectivity index (χ4n) is 5.61. The van der Waals surface area contributed by atoms with Gasteiger partial charge < -0.3 is 15.4 Å². The van der Waals surface area contributed by atoms with Gasteiger partial charge >= 0.3 is 0 Å². The number of hydrogen-bond acceptors (Lipinski definition) is 9. The van der Waals surface area contributed by atoms with Gasteiger partial charge in [0.2, 0.25) is 5.95 Å². The van der Waals surface area contributed by atoms with Crippen molar-refractivity contribution < 1.29 is 9.53 Å². The molecule has 3 aromatic heterocycles. The number of ether oxygens (including phenoxy) is 1. The number of fused-ring (bicyclic) bond motifs is 1. The lowest BCUT2D eigenvalue weighted by Gasteiger charge is -2.33. The van der Waals surface area contributed by atoms with E-state index in [4.69, 9.17) is 9.72 Å². The Balaban J connectivity index is 1.29. The van der Waals surface area contributed by atoms with Crippen molar-refractivity contribution in [3.63, 3.8) is 0 Å². The van der Waals surface area contributed by atoms with Crippen LogP contribution in [0.25, 0.3) is 11.3 Å². The quantitative estimate of drug-likeness (QED) is 0.312. The molecule has 1 fully saturated rings. The SMILES string of the molecule is Cc1n[nH]cc1Nc1nccc(-c2ccc3c(c2)CN(C2CCOCC2)CC[C@@H]3NC(=O)c2cn(C(C)(C)C)nn2)n1. The largest absolute Gasteiger partial charge is 0.381 e. The number of nitrogens with zero attached hydrogens (tertiary/aromatic N) is 7. The molecule has 6 rings (SSSR count). The number of benzene rings is 1. The number of anilines is 2. The van der Waals surface area contributed by atoms with Crippen molar-refractivity contribution in [2.75, 3.05) is 25.1 Å². The summed E-state index contributed by atoms with van der Waals surface area (Å²) in [4.78, 5) is 25.1. The van der Waals surface area contributed by atoms with Crippen LogP contribution in [0, 0.1) is 6.92 Å². The minimum Gasteiger partial charge on any atom is -0.381 e. The first kappa shape index (κ1) is 28.0. The molecule has 1 amide bonds. The van der Waals surface area contributed by atoms with E-state index in [-0.39, 0.29) is 17.5 Å². The number of aryl methyl sites for hydroxylation is 1. The van der Waals surface area contributed by atoms with E-state index < -0.39 is 0 Å². The van der Waals surface area contributed by atoms with Crippen LogP contribution >= 0.6 is 0 Å². The van der Waals surface area contributed by atoms with Crippen molar-refractivity contribution in [1.29, 1.82) is 0 Å². The second-order valence-corrected chi connectivity index (χ2v) is 12.0. The number of aromatic nitrogens is 7. The second kappa shape index (κ2) is 11.6. The van der Waals surface area contributed by atoms with E-state index >= 15 is 0 Å². The minimum atomic E-state index is -0.255. The number of carbonyl (C=O) groups excluding carboxylic acids is 1. The molecule has 4 aromatic rings. The molecule has 0 spiro atoms. The van der Waals surface area contributed by atoms with Gasteiger partial charge in [0.1, 0.15) is 0 Å². The smallest absolute Gasteiger partial charge is 0.273 e. The Bertz CT molecular complexity index is 1550. The number of H-pyrrole nitrogens is 1. The third-order valence-corrected chi connectivity index (χ3v) is 8.05. The first-order chi connectivity index (χ1) is 20.2. The molecule has 0 radical (unpaired) electrons. The van der Waals surface area contributed by atoms with Crippen LogP contribution in [0.5, 0.6) is 0 Å². The molecular formula is C30H38N10O2. The molecule has 0 unspecified atom stereocenters. The van der Waals surface area contributed by atoms with Crippen LogP contribution in [-0.2, 0) is 16.8 Å². The lowest BCUT2D eigenvalue weighted by atomic mass is 9.96. The lowest BCUT2D eigenvalue weighted by molar-refractivity contribution is 0.0309. The summed E-state index contributed by atoms with van der Waals surface area (Å²) in [7, 11) is 0. The van der Waals surface area contributed by atoms with Crippen LogP contribution in [0.15, 0.2) is 42.9 Å². The number of amides is 1. The molecule has 2 aliphatic heterocycles. The number of hydrogen-bond donors (Lipinski definition) is 3. The van der Waals surface area contributed by atoms with Crippen LogP contribution < -0.4 is 10.6 Å². The normalized spacial score (nSPS) is 18.3. The molecule has 0 saturated carbocycles. The highest BCUT2D eigenvalue weighted by Gasteiger charge is 2.30. The van der Waals surface area contributed by atoms with Gasteiger partial charge in [-0.1, -0.05) is 17.3 Å². The Hall–Kier alpha value is -4.16. The van der Waals surface area contributed by atoms with E-state index in [0.717, 1.165) is 73.8 Å². The van der Waals surface area contributed by atoms with Crippen LogP contribution in [0.1, 0.15) is 73.4 Å². The third kappa shape index (κ3) is 6.04. The van der Waals surface area contributed by atoms with Gasteiger partial charge in [0.25, 0.3) is 5.91 Å². The molecule has 220 valence electrons. The van der Waals surface area contributed by atoms with Gasteiger partial charge in [0.05, 0.1) is 34.9 Å². The fraction of sp³-hybridized carbons (Fsp3) is 0.467. The van der Waals surface area contributed by atoms with Crippen molar-refractivity contribution in [2.24, 2.45) is 0 Å². The number of aromatic amines is 1. The predicted molar refractivity (Wildman–Crippen MR) is 158 cm³/mol. The number of rotatable bonds is 6. The summed E-state index contributed by atoms with van der Waals surface area (Å²) >= 11 is 0. The topological polar surface area (TPSA) is 139 Å². The highest BCUT2D eigenvalue weighted by atomic mass is 16.5. The van der Waals surface area contributed by atoms with Crippen LogP contribution in [0.2, 0.25) is 0 Å². The maximum Gasteiger partial charge on any atom is 0.273 e. The second-order valence-electron chi connectivity index (χ2n) is 12.0. The molecular weight excluding hydrogens is 532 g/mol. The van der Waals surface area contributed by atoms with E-state index in [9.17, 15) is 4.79 Å². The van der Waals surface area contributed by atoms with E-state index in [1.165, 1.54) is 5.56 Å². The van der Waals surface area contributed by atoms with E-state index in [2.05, 4.69) is 59.2 Å². The highest BCUT2D eigenvalue weighted by Crippen LogP contribution is 2.33. The molecule has 0 bridgehead atoms. The Morgan fingerprint density at radius 3 is 2.71 bits per heavy atom. The van der Waals surface area contributed by atoms with Crippen LogP contribution in [-0.4, -0.2) is 71.8 Å². The summed E-state index contributed by atoms with van der Waals surface area (Å²) in [5.41, 5.74) is 5.86. The van der Waals surface area contributed by atoms with Crippen molar-refractivity contribution >= 4 is 17.5 Å². The zero-order valence-electron chi connectivity index (χ0n) is 24.6. The molecule has 3 N–H and O–H groups in total. The molecule has 1 saturated heterocycles. The molecule has 1 aromatic carbocycles. The molecule has 0 aliphatic carbocycles. The third-order valence-electron chi connectivity index (χ3n) is 8.05. The van der Waals surface area contributed by atoms with Crippen LogP contribution in [0.4, 0.5) is 11.6 Å². The molecule has 12 nitrogen and oxygen atoms in total. The van der Waals surface area contributed by atoms with Crippen molar-refractivity contribution in [1.82, 2.24) is 45.4 Å². The highest BCUT2D eigenvalue weighted by molar-refractivity contribution is 5.92. The van der Waals surface area contributed by atoms with Gasteiger partial charge in [-0.15, -0.1) is 5.10 Å². The van der Waals surface area contributed by atoms with Gasteiger partial charge in [-0.25, -0.2) is 14.6 Å². The van der Waals surface area contributed by atoms with Gasteiger partial charge in [0, 0.05) is 50.3 Å². The summed E-state index contributed by atoms with van der Waals surface area (Å²) in [6.45, 7) is 11.2. The lowest BCUT2D eigenvalue weighted by Crippen LogP contribution is -2.39. The number of carbonyl (C=O) groups is 1. The molecule has 5 heterocycles. The Morgan fingerprint density at radius 1 is 1.14 bits per heavy atom. The van der Waals surface area contributed by atoms with E-state index in [1.807, 2.05) is 33.8 Å². The fourth-order valence-corrected chi connectivity index (χ4v) is 5.61. The van der Waals surface area contributed by atoms with Gasteiger partial charge in [0.15, 0.2) is 5.69 Å². The summed E-state index contributed by atoms with van der Waals surface area (Å²) in [6.07, 6.45) is 8.09. The van der Waals surface area contributed by atoms with E-state index in [1.54, 1.807) is 23.3 Å². The van der Waals surface area contributed by atoms with Crippen LogP contribution in [0.3, 0.4) is 0 Å². The van der Waals surface area contributed by atoms with Gasteiger partial charge in [-0.05, 0) is 70.2 Å². The summed E-state index contributed by atoms with van der Waals surface area (Å²) < 4.78 is 7.37. The molecule has 12 heteroatoms. The first-order valence-electron chi connectivity index (χ1n) is 14.5. The molecule has 42 heavy (non-hydrogen) atoms. The zero-order chi connectivity index (χ0) is 29.3. The zero-order valence-corrected chi connectivity index (χ0v) is 24.6. The molecule has 1 atom stereocenters. The molecule has 2 aliphatic rings. The number of nitrogens with one attached hydrogen (secondary N) is 3. The Morgan fingerprint density at radius 2 is 1.98 bits per heavy atom. The first-order valence-corrected chi connectivity index (χ1v) is 14.5. The summed E-state index contributed by atoms with van der Waals surface area (Å²) in [5.74, 6) is 0.287. The van der Waals surface area contributed by atoms with Gasteiger partial charge in [-0.3, -0.25) is 14.8 Å².